The van der Waals surface area contributed by atoms with Gasteiger partial charge in [0.1, 0.15) is 23.0 Å². The van der Waals surface area contributed by atoms with Gasteiger partial charge in [0.15, 0.2) is 17.7 Å². The molecule has 2 aliphatic rings. The average Bonchev–Trinajstić information content (AvgIpc) is 3.54. The SMILES string of the molecule is COc1c(N2CC(F)C(C)(O)C(F)C2F)c(F)cc2c(=O)c(C(=O)O)cn(C3CC3)c12. The van der Waals surface area contributed by atoms with E-state index in [1.807, 2.05) is 0 Å². The molecule has 1 aromatic carbocycles. The Bertz CT molecular complexity index is 1130. The smallest absolute Gasteiger partial charge is 0.341 e. The van der Waals surface area contributed by atoms with Gasteiger partial charge in [-0.3, -0.25) is 4.79 Å². The number of ether oxygens (including phenoxy) is 1. The van der Waals surface area contributed by atoms with Gasteiger partial charge in [-0.15, -0.1) is 0 Å². The molecule has 4 unspecified atom stereocenters. The summed E-state index contributed by atoms with van der Waals surface area (Å²) in [5.41, 5.74) is -4.75. The number of carboxylic acids is 1. The number of benzene rings is 1. The van der Waals surface area contributed by atoms with E-state index in [2.05, 4.69) is 0 Å². The number of piperidine rings is 1. The molecule has 2 aromatic rings. The molecule has 0 amide bonds. The van der Waals surface area contributed by atoms with Crippen molar-refractivity contribution in [1.29, 1.82) is 0 Å². The summed E-state index contributed by atoms with van der Waals surface area (Å²) in [5.74, 6) is -3.05. The standard InChI is InChI=1S/C20H20F4N2O5/c1-20(30)12(22)7-26(18(24)17(20)23)14-11(21)5-9-13(16(14)31-2)25(8-3-4-8)6-10(15(9)27)19(28)29/h5-6,8,12,17-18,30H,3-4,7H2,1-2H3,(H,28,29). The molecule has 0 spiro atoms. The van der Waals surface area contributed by atoms with Gasteiger partial charge < -0.3 is 24.4 Å². The van der Waals surface area contributed by atoms with Gasteiger partial charge in [-0.05, 0) is 25.8 Å². The fourth-order valence-electron chi connectivity index (χ4n) is 3.98. The first kappa shape index (κ1) is 21.4. The molecule has 31 heavy (non-hydrogen) atoms. The van der Waals surface area contributed by atoms with Crippen LogP contribution in [0, 0.1) is 5.82 Å². The van der Waals surface area contributed by atoms with Gasteiger partial charge in [-0.25, -0.2) is 22.4 Å². The van der Waals surface area contributed by atoms with Crippen LogP contribution in [-0.2, 0) is 0 Å². The van der Waals surface area contributed by atoms with Crippen LogP contribution in [0.2, 0.25) is 0 Å². The predicted octanol–water partition coefficient (Wildman–Crippen LogP) is 2.73. The second kappa shape index (κ2) is 7.11. The number of nitrogens with zero attached hydrogens (tertiary/aromatic N) is 2. The first-order chi connectivity index (χ1) is 14.5. The fraction of sp³-hybridized carbons (Fsp3) is 0.500. The Hall–Kier alpha value is -2.82. The van der Waals surface area contributed by atoms with Crippen LogP contribution < -0.4 is 15.1 Å². The predicted molar refractivity (Wildman–Crippen MR) is 103 cm³/mol. The summed E-state index contributed by atoms with van der Waals surface area (Å²) in [5, 5.41) is 19.0. The molecule has 1 aliphatic heterocycles. The van der Waals surface area contributed by atoms with Crippen LogP contribution in [0.25, 0.3) is 10.9 Å². The number of fused-ring (bicyclic) bond motifs is 1. The molecule has 0 radical (unpaired) electrons. The Morgan fingerprint density at radius 1 is 1.29 bits per heavy atom. The minimum Gasteiger partial charge on any atom is -0.492 e. The van der Waals surface area contributed by atoms with Crippen LogP contribution >= 0.6 is 0 Å². The van der Waals surface area contributed by atoms with Crippen molar-refractivity contribution in [1.82, 2.24) is 4.57 Å². The maximum atomic E-state index is 15.1. The molecule has 1 aliphatic carbocycles. The summed E-state index contributed by atoms with van der Waals surface area (Å²) < 4.78 is 65.6. The van der Waals surface area contributed by atoms with Gasteiger partial charge in [0.25, 0.3) is 0 Å². The molecule has 4 atom stereocenters. The van der Waals surface area contributed by atoms with Crippen molar-refractivity contribution >= 4 is 22.6 Å². The van der Waals surface area contributed by atoms with E-state index in [0.717, 1.165) is 26.3 Å². The number of aromatic nitrogens is 1. The van der Waals surface area contributed by atoms with Gasteiger partial charge in [0.2, 0.25) is 11.7 Å². The Labute approximate surface area is 173 Å². The van der Waals surface area contributed by atoms with E-state index in [0.29, 0.717) is 17.7 Å². The number of anilines is 1. The zero-order valence-electron chi connectivity index (χ0n) is 16.6. The molecule has 7 nitrogen and oxygen atoms in total. The number of hydrogen-bond donors (Lipinski definition) is 2. The van der Waals surface area contributed by atoms with Crippen molar-refractivity contribution in [3.63, 3.8) is 0 Å². The lowest BCUT2D eigenvalue weighted by Crippen LogP contribution is -2.63. The minimum absolute atomic E-state index is 0.00625. The molecule has 2 heterocycles. The highest BCUT2D eigenvalue weighted by Crippen LogP contribution is 2.46. The Morgan fingerprint density at radius 3 is 2.48 bits per heavy atom. The lowest BCUT2D eigenvalue weighted by molar-refractivity contribution is -0.119. The van der Waals surface area contributed by atoms with E-state index in [-0.39, 0.29) is 22.7 Å². The summed E-state index contributed by atoms with van der Waals surface area (Å²) >= 11 is 0. The van der Waals surface area contributed by atoms with Crippen LogP contribution in [0.3, 0.4) is 0 Å². The molecule has 0 bridgehead atoms. The van der Waals surface area contributed by atoms with Crippen LogP contribution in [0.1, 0.15) is 36.2 Å². The molecule has 1 saturated carbocycles. The number of alkyl halides is 3. The van der Waals surface area contributed by atoms with Gasteiger partial charge in [0.05, 0.1) is 24.6 Å². The number of pyridine rings is 1. The van der Waals surface area contributed by atoms with Gasteiger partial charge in [-0.2, -0.15) is 0 Å². The minimum atomic E-state index is -2.68. The first-order valence-electron chi connectivity index (χ1n) is 9.60. The number of carbonyl (C=O) groups is 1. The molecule has 11 heteroatoms. The van der Waals surface area contributed by atoms with Crippen molar-refractivity contribution < 1.29 is 37.3 Å². The zero-order chi connectivity index (χ0) is 22.8. The molecule has 1 saturated heterocycles. The van der Waals surface area contributed by atoms with Crippen LogP contribution in [0.15, 0.2) is 17.1 Å². The van der Waals surface area contributed by atoms with Crippen LogP contribution in [0.4, 0.5) is 23.2 Å². The van der Waals surface area contributed by atoms with E-state index >= 15 is 4.39 Å². The number of aliphatic hydroxyl groups is 1. The summed E-state index contributed by atoms with van der Waals surface area (Å²) in [7, 11) is 1.12. The summed E-state index contributed by atoms with van der Waals surface area (Å²) in [6, 6.07) is 0.528. The molecular weight excluding hydrogens is 424 g/mol. The van der Waals surface area contributed by atoms with Crippen LogP contribution in [0.5, 0.6) is 5.75 Å². The van der Waals surface area contributed by atoms with E-state index in [9.17, 15) is 33.0 Å². The monoisotopic (exact) mass is 444 g/mol. The van der Waals surface area contributed by atoms with Crippen molar-refractivity contribution in [3.8, 4) is 5.75 Å². The zero-order valence-corrected chi connectivity index (χ0v) is 16.6. The molecule has 168 valence electrons. The summed E-state index contributed by atoms with van der Waals surface area (Å²) in [6.07, 6.45) is -5.10. The second-order valence-electron chi connectivity index (χ2n) is 8.07. The lowest BCUT2D eigenvalue weighted by Gasteiger charge is -2.44. The van der Waals surface area contributed by atoms with Gasteiger partial charge in [-0.1, -0.05) is 0 Å². The third kappa shape index (κ3) is 3.13. The highest BCUT2D eigenvalue weighted by molar-refractivity contribution is 5.97. The maximum Gasteiger partial charge on any atom is 0.341 e. The third-order valence-electron chi connectivity index (χ3n) is 5.95. The van der Waals surface area contributed by atoms with Crippen molar-refractivity contribution in [2.24, 2.45) is 0 Å². The Morgan fingerprint density at radius 2 is 1.94 bits per heavy atom. The first-order valence-corrected chi connectivity index (χ1v) is 9.60. The van der Waals surface area contributed by atoms with E-state index in [1.165, 1.54) is 4.57 Å². The van der Waals surface area contributed by atoms with E-state index < -0.39 is 59.3 Å². The molecule has 2 N–H and O–H groups in total. The topological polar surface area (TPSA) is 92.0 Å². The van der Waals surface area contributed by atoms with Gasteiger partial charge >= 0.3 is 5.97 Å². The largest absolute Gasteiger partial charge is 0.492 e. The fourth-order valence-corrected chi connectivity index (χ4v) is 3.98. The summed E-state index contributed by atoms with van der Waals surface area (Å²) in [6.45, 7) is -0.0489. The number of rotatable bonds is 4. The highest BCUT2D eigenvalue weighted by atomic mass is 19.2. The molecular formula is C20H20F4N2O5. The second-order valence-corrected chi connectivity index (χ2v) is 8.07. The van der Waals surface area contributed by atoms with E-state index in [4.69, 9.17) is 4.74 Å². The molecule has 4 rings (SSSR count). The van der Waals surface area contributed by atoms with E-state index in [1.54, 1.807) is 0 Å². The molecule has 2 fully saturated rings. The lowest BCUT2D eigenvalue weighted by atomic mass is 9.88. The van der Waals surface area contributed by atoms with Crippen molar-refractivity contribution in [2.75, 3.05) is 18.6 Å². The van der Waals surface area contributed by atoms with Crippen LogP contribution in [-0.4, -0.2) is 58.6 Å². The number of halogens is 4. The number of hydrogen-bond acceptors (Lipinski definition) is 5. The molecule has 1 aromatic heterocycles. The Kier molecular flexibility index (Phi) is 4.91. The highest BCUT2D eigenvalue weighted by Gasteiger charge is 2.53. The number of carboxylic acid groups (broad SMARTS) is 1. The van der Waals surface area contributed by atoms with Gasteiger partial charge in [0, 0.05) is 12.2 Å². The normalized spacial score (nSPS) is 28.7. The van der Waals surface area contributed by atoms with Crippen molar-refractivity contribution in [2.45, 2.75) is 50.0 Å². The quantitative estimate of drug-likeness (QED) is 0.557. The average molecular weight is 444 g/mol. The summed E-state index contributed by atoms with van der Waals surface area (Å²) in [4.78, 5) is 24.6. The Balaban J connectivity index is 2.01. The number of methoxy groups -OCH3 is 1. The number of aromatic carboxylic acids is 1. The third-order valence-corrected chi connectivity index (χ3v) is 5.95. The van der Waals surface area contributed by atoms with Crippen molar-refractivity contribution in [3.05, 3.63) is 33.9 Å². The maximum absolute atomic E-state index is 15.1.